The summed E-state index contributed by atoms with van der Waals surface area (Å²) >= 11 is 0. The topological polar surface area (TPSA) is 37.2 Å². The van der Waals surface area contributed by atoms with Crippen molar-refractivity contribution in [2.75, 3.05) is 0 Å². The molecular formula is C16H22N2O. The lowest BCUT2D eigenvalue weighted by Crippen LogP contribution is -2.34. The van der Waals surface area contributed by atoms with E-state index in [0.29, 0.717) is 6.04 Å². The highest BCUT2D eigenvalue weighted by atomic mass is 16.3. The minimum absolute atomic E-state index is 0.0945. The van der Waals surface area contributed by atoms with E-state index in [9.17, 15) is 5.11 Å². The Hall–Kier alpha value is -1.32. The van der Waals surface area contributed by atoms with Crippen molar-refractivity contribution in [1.82, 2.24) is 9.88 Å². The van der Waals surface area contributed by atoms with Gasteiger partial charge in [0.2, 0.25) is 0 Å². The number of aliphatic hydroxyl groups excluding tert-OH is 1. The maximum absolute atomic E-state index is 10.7. The van der Waals surface area contributed by atoms with Crippen LogP contribution in [-0.2, 0) is 7.05 Å². The third-order valence-corrected chi connectivity index (χ3v) is 4.29. The molecule has 2 N–H and O–H groups in total. The van der Waals surface area contributed by atoms with E-state index in [-0.39, 0.29) is 6.04 Å². The minimum Gasteiger partial charge on any atom is -0.387 e. The van der Waals surface area contributed by atoms with Crippen LogP contribution in [0.4, 0.5) is 0 Å². The first-order valence-electron chi connectivity index (χ1n) is 7.07. The van der Waals surface area contributed by atoms with E-state index >= 15 is 0 Å². The van der Waals surface area contributed by atoms with Crippen molar-refractivity contribution >= 4 is 10.9 Å². The largest absolute Gasteiger partial charge is 0.387 e. The van der Waals surface area contributed by atoms with Crippen molar-refractivity contribution in [1.29, 1.82) is 0 Å². The molecule has 3 heteroatoms. The molecule has 1 heterocycles. The minimum atomic E-state index is -0.452. The van der Waals surface area contributed by atoms with Crippen LogP contribution in [0, 0.1) is 6.92 Å². The zero-order valence-electron chi connectivity index (χ0n) is 11.9. The molecule has 0 radical (unpaired) electrons. The van der Waals surface area contributed by atoms with Crippen LogP contribution >= 0.6 is 0 Å². The van der Waals surface area contributed by atoms with Crippen LogP contribution in [0.2, 0.25) is 0 Å². The van der Waals surface area contributed by atoms with Crippen LogP contribution in [0.3, 0.4) is 0 Å². The van der Waals surface area contributed by atoms with E-state index in [1.165, 1.54) is 23.7 Å². The molecule has 3 rings (SSSR count). The van der Waals surface area contributed by atoms with Crippen LogP contribution < -0.4 is 5.32 Å². The summed E-state index contributed by atoms with van der Waals surface area (Å²) in [6.45, 7) is 4.16. The van der Waals surface area contributed by atoms with E-state index in [1.54, 1.807) is 0 Å². The molecule has 0 amide bonds. The van der Waals surface area contributed by atoms with Gasteiger partial charge in [-0.1, -0.05) is 18.2 Å². The highest BCUT2D eigenvalue weighted by molar-refractivity contribution is 5.85. The van der Waals surface area contributed by atoms with Gasteiger partial charge in [0.05, 0.1) is 6.10 Å². The van der Waals surface area contributed by atoms with Gasteiger partial charge >= 0.3 is 0 Å². The Kier molecular flexibility index (Phi) is 3.11. The number of nitrogens with one attached hydrogen (secondary N) is 1. The molecule has 1 aromatic heterocycles. The van der Waals surface area contributed by atoms with E-state index < -0.39 is 6.10 Å². The average molecular weight is 258 g/mol. The molecule has 0 aliphatic heterocycles. The maximum atomic E-state index is 10.7. The number of nitrogens with zero attached hydrogens (tertiary/aromatic N) is 1. The van der Waals surface area contributed by atoms with E-state index in [2.05, 4.69) is 42.9 Å². The Morgan fingerprint density at radius 1 is 1.32 bits per heavy atom. The molecule has 102 valence electrons. The number of para-hydroxylation sites is 1. The second-order valence-corrected chi connectivity index (χ2v) is 5.75. The van der Waals surface area contributed by atoms with Crippen LogP contribution in [-0.4, -0.2) is 21.8 Å². The molecule has 1 saturated carbocycles. The molecule has 1 aromatic carbocycles. The number of aliphatic hydroxyl groups is 1. The summed E-state index contributed by atoms with van der Waals surface area (Å²) in [6, 6.07) is 9.00. The van der Waals surface area contributed by atoms with Crippen molar-refractivity contribution in [3.63, 3.8) is 0 Å². The Labute approximate surface area is 114 Å². The molecule has 2 atom stereocenters. The van der Waals surface area contributed by atoms with Crippen molar-refractivity contribution in [2.24, 2.45) is 7.05 Å². The zero-order chi connectivity index (χ0) is 13.6. The maximum Gasteiger partial charge on any atom is 0.0963 e. The first-order chi connectivity index (χ1) is 9.09. The number of benzene rings is 1. The second kappa shape index (κ2) is 4.66. The number of rotatable bonds is 4. The number of aryl methyl sites for hydroxylation is 1. The number of fused-ring (bicyclic) bond motifs is 1. The van der Waals surface area contributed by atoms with Crippen molar-refractivity contribution in [3.8, 4) is 0 Å². The molecule has 1 aliphatic rings. The third-order valence-electron chi connectivity index (χ3n) is 4.29. The summed E-state index contributed by atoms with van der Waals surface area (Å²) in [7, 11) is 2.06. The molecule has 2 aromatic rings. The summed E-state index contributed by atoms with van der Waals surface area (Å²) < 4.78 is 2.16. The number of aromatic nitrogens is 1. The van der Waals surface area contributed by atoms with E-state index in [0.717, 1.165) is 11.3 Å². The van der Waals surface area contributed by atoms with E-state index in [4.69, 9.17) is 0 Å². The van der Waals surface area contributed by atoms with Crippen molar-refractivity contribution in [3.05, 3.63) is 35.5 Å². The van der Waals surface area contributed by atoms with Gasteiger partial charge in [-0.3, -0.25) is 0 Å². The molecular weight excluding hydrogens is 236 g/mol. The predicted molar refractivity (Wildman–Crippen MR) is 78.2 cm³/mol. The first kappa shape index (κ1) is 12.7. The Bertz CT molecular complexity index is 598. The number of hydrogen-bond acceptors (Lipinski definition) is 2. The molecule has 0 spiro atoms. The lowest BCUT2D eigenvalue weighted by molar-refractivity contribution is 0.135. The summed E-state index contributed by atoms with van der Waals surface area (Å²) in [5.74, 6) is 0. The molecule has 0 bridgehead atoms. The molecule has 3 nitrogen and oxygen atoms in total. The van der Waals surface area contributed by atoms with Gasteiger partial charge in [-0.05, 0) is 32.8 Å². The SMILES string of the molecule is Cc1c(C(O)C(C)NC2CC2)c2ccccc2n1C. The Morgan fingerprint density at radius 2 is 2.00 bits per heavy atom. The monoisotopic (exact) mass is 258 g/mol. The van der Waals surface area contributed by atoms with Gasteiger partial charge in [-0.15, -0.1) is 0 Å². The molecule has 0 saturated heterocycles. The summed E-state index contributed by atoms with van der Waals surface area (Å²) in [4.78, 5) is 0. The molecule has 2 unspecified atom stereocenters. The average Bonchev–Trinajstić information content (AvgIpc) is 3.18. The normalized spacial score (nSPS) is 18.7. The zero-order valence-corrected chi connectivity index (χ0v) is 11.9. The van der Waals surface area contributed by atoms with Crippen molar-refractivity contribution < 1.29 is 5.11 Å². The predicted octanol–water partition coefficient (Wildman–Crippen LogP) is 2.66. The van der Waals surface area contributed by atoms with Gasteiger partial charge in [0.1, 0.15) is 0 Å². The van der Waals surface area contributed by atoms with E-state index in [1.807, 2.05) is 12.1 Å². The van der Waals surface area contributed by atoms with Gasteiger partial charge in [0.15, 0.2) is 0 Å². The molecule has 1 aliphatic carbocycles. The fourth-order valence-corrected chi connectivity index (χ4v) is 2.89. The van der Waals surface area contributed by atoms with Gasteiger partial charge < -0.3 is 15.0 Å². The fourth-order valence-electron chi connectivity index (χ4n) is 2.89. The smallest absolute Gasteiger partial charge is 0.0963 e. The summed E-state index contributed by atoms with van der Waals surface area (Å²) in [5.41, 5.74) is 3.41. The summed E-state index contributed by atoms with van der Waals surface area (Å²) in [6.07, 6.45) is 2.03. The molecule has 1 fully saturated rings. The van der Waals surface area contributed by atoms with Crippen LogP contribution in [0.1, 0.15) is 37.1 Å². The Morgan fingerprint density at radius 3 is 2.68 bits per heavy atom. The summed E-state index contributed by atoms with van der Waals surface area (Å²) in [5, 5.41) is 15.3. The quantitative estimate of drug-likeness (QED) is 0.884. The first-order valence-corrected chi connectivity index (χ1v) is 7.07. The van der Waals surface area contributed by atoms with Crippen molar-refractivity contribution in [2.45, 2.75) is 44.9 Å². The van der Waals surface area contributed by atoms with Crippen LogP contribution in [0.5, 0.6) is 0 Å². The van der Waals surface area contributed by atoms with Crippen LogP contribution in [0.25, 0.3) is 10.9 Å². The Balaban J connectivity index is 2.00. The van der Waals surface area contributed by atoms with Gasteiger partial charge in [0.25, 0.3) is 0 Å². The second-order valence-electron chi connectivity index (χ2n) is 5.75. The third kappa shape index (κ3) is 2.17. The van der Waals surface area contributed by atoms with Gasteiger partial charge in [0, 0.05) is 41.3 Å². The standard InChI is InChI=1S/C16H22N2O/c1-10(17-12-8-9-12)16(19)15-11(2)18(3)14-7-5-4-6-13(14)15/h4-7,10,12,16-17,19H,8-9H2,1-3H3. The fraction of sp³-hybridized carbons (Fsp3) is 0.500. The highest BCUT2D eigenvalue weighted by Gasteiger charge is 2.28. The lowest BCUT2D eigenvalue weighted by atomic mass is 10.00. The van der Waals surface area contributed by atoms with Crippen LogP contribution in [0.15, 0.2) is 24.3 Å². The number of hydrogen-bond donors (Lipinski definition) is 2. The molecule has 19 heavy (non-hydrogen) atoms. The lowest BCUT2D eigenvalue weighted by Gasteiger charge is -2.21. The van der Waals surface area contributed by atoms with Gasteiger partial charge in [-0.25, -0.2) is 0 Å². The van der Waals surface area contributed by atoms with Gasteiger partial charge in [-0.2, -0.15) is 0 Å². The highest BCUT2D eigenvalue weighted by Crippen LogP contribution is 2.32.